The molecule has 1 atom stereocenters. The van der Waals surface area contributed by atoms with Crippen molar-refractivity contribution in [2.75, 3.05) is 30.8 Å². The summed E-state index contributed by atoms with van der Waals surface area (Å²) in [5.41, 5.74) is 0.361. The van der Waals surface area contributed by atoms with Gasteiger partial charge in [0.05, 0.1) is 24.0 Å². The average Bonchev–Trinajstić information content (AvgIpc) is 2.83. The monoisotopic (exact) mass is 520 g/mol. The highest BCUT2D eigenvalue weighted by Crippen LogP contribution is 2.24. The van der Waals surface area contributed by atoms with E-state index in [0.717, 1.165) is 16.6 Å². The second kappa shape index (κ2) is 12.3. The van der Waals surface area contributed by atoms with Crippen molar-refractivity contribution in [3.63, 3.8) is 0 Å². The van der Waals surface area contributed by atoms with Gasteiger partial charge >= 0.3 is 0 Å². The molecule has 0 saturated carbocycles. The summed E-state index contributed by atoms with van der Waals surface area (Å²) >= 11 is 0. The smallest absolute Gasteiger partial charge is 0.271 e. The highest BCUT2D eigenvalue weighted by atomic mass is 32.2. The number of rotatable bonds is 12. The van der Waals surface area contributed by atoms with E-state index in [1.165, 1.54) is 30.2 Å². The molecule has 0 aromatic heterocycles. The molecule has 0 aliphatic rings. The van der Waals surface area contributed by atoms with Gasteiger partial charge in [-0.15, -0.1) is 0 Å². The number of amides is 2. The van der Waals surface area contributed by atoms with Crippen LogP contribution in [-0.4, -0.2) is 62.6 Å². The third-order valence-corrected chi connectivity index (χ3v) is 6.51. The molecule has 0 heterocycles. The number of benzene rings is 2. The zero-order valence-corrected chi connectivity index (χ0v) is 21.8. The first-order valence-electron chi connectivity index (χ1n) is 11.3. The summed E-state index contributed by atoms with van der Waals surface area (Å²) in [7, 11) is -2.46. The van der Waals surface area contributed by atoms with Crippen molar-refractivity contribution in [3.8, 4) is 5.75 Å². The van der Waals surface area contributed by atoms with Gasteiger partial charge in [-0.3, -0.25) is 24.0 Å². The molecule has 0 fully saturated rings. The van der Waals surface area contributed by atoms with Gasteiger partial charge in [-0.25, -0.2) is 8.42 Å². The third kappa shape index (κ3) is 7.94. The summed E-state index contributed by atoms with van der Waals surface area (Å²) in [4.78, 5) is 38.1. The van der Waals surface area contributed by atoms with Gasteiger partial charge in [-0.2, -0.15) is 0 Å². The van der Waals surface area contributed by atoms with Crippen LogP contribution in [0.2, 0.25) is 0 Å². The molecule has 1 unspecified atom stereocenters. The highest BCUT2D eigenvalue weighted by Gasteiger charge is 2.30. The number of carbonyl (C=O) groups excluding carboxylic acids is 2. The van der Waals surface area contributed by atoms with E-state index in [1.807, 2.05) is 13.8 Å². The summed E-state index contributed by atoms with van der Waals surface area (Å²) in [6.07, 6.45) is 0.908. The molecule has 2 aromatic carbocycles. The minimum Gasteiger partial charge on any atom is -0.497 e. The predicted molar refractivity (Wildman–Crippen MR) is 136 cm³/mol. The molecule has 11 nitrogen and oxygen atoms in total. The fourth-order valence-corrected chi connectivity index (χ4v) is 4.18. The van der Waals surface area contributed by atoms with Crippen molar-refractivity contribution < 1.29 is 27.7 Å². The fraction of sp³-hybridized carbons (Fsp3) is 0.417. The number of carbonyl (C=O) groups is 2. The zero-order chi connectivity index (χ0) is 27.0. The first-order valence-corrected chi connectivity index (χ1v) is 13.1. The number of nitrogens with zero attached hydrogens (tertiary/aromatic N) is 3. The molecule has 36 heavy (non-hydrogen) atoms. The Morgan fingerprint density at radius 3 is 2.28 bits per heavy atom. The Morgan fingerprint density at radius 1 is 1.11 bits per heavy atom. The molecule has 0 bridgehead atoms. The topological polar surface area (TPSA) is 139 Å². The first-order chi connectivity index (χ1) is 16.8. The van der Waals surface area contributed by atoms with Gasteiger partial charge < -0.3 is 15.0 Å². The van der Waals surface area contributed by atoms with Crippen molar-refractivity contribution in [2.45, 2.75) is 33.4 Å². The maximum atomic E-state index is 13.5. The molecule has 12 heteroatoms. The number of nitro benzene ring substituents is 1. The van der Waals surface area contributed by atoms with Crippen molar-refractivity contribution in [3.05, 3.63) is 64.2 Å². The number of nitro groups is 1. The van der Waals surface area contributed by atoms with Gasteiger partial charge in [0.1, 0.15) is 18.3 Å². The lowest BCUT2D eigenvalue weighted by Gasteiger charge is -2.31. The molecule has 0 aliphatic carbocycles. The van der Waals surface area contributed by atoms with Crippen molar-refractivity contribution in [1.82, 2.24) is 10.2 Å². The number of sulfonamides is 1. The third-order valence-electron chi connectivity index (χ3n) is 5.37. The van der Waals surface area contributed by atoms with Crippen molar-refractivity contribution >= 4 is 33.2 Å². The van der Waals surface area contributed by atoms with Gasteiger partial charge in [0.15, 0.2) is 0 Å². The Hall–Kier alpha value is -3.67. The summed E-state index contributed by atoms with van der Waals surface area (Å²) in [6, 6.07) is 11.0. The van der Waals surface area contributed by atoms with Crippen molar-refractivity contribution in [1.29, 1.82) is 0 Å². The Kier molecular flexibility index (Phi) is 9.79. The standard InChI is InChI=1S/C24H32N4O7S/c1-17(2)14-25-24(30)18(3)26(15-19-9-11-22(35-4)12-10-19)23(29)16-27(36(5,33)34)20-7-6-8-21(13-20)28(31)32/h6-13,17-18H,14-16H2,1-5H3,(H,25,30). The van der Waals surface area contributed by atoms with Crippen LogP contribution in [0, 0.1) is 16.0 Å². The van der Waals surface area contributed by atoms with E-state index >= 15 is 0 Å². The fourth-order valence-electron chi connectivity index (χ4n) is 3.34. The molecule has 2 amide bonds. The van der Waals surface area contributed by atoms with E-state index in [-0.39, 0.29) is 29.7 Å². The number of nitrogens with one attached hydrogen (secondary N) is 1. The minimum absolute atomic E-state index is 0.0265. The maximum Gasteiger partial charge on any atom is 0.271 e. The second-order valence-corrected chi connectivity index (χ2v) is 10.6. The number of methoxy groups -OCH3 is 1. The van der Waals surface area contributed by atoms with Crippen molar-refractivity contribution in [2.24, 2.45) is 5.92 Å². The molecule has 0 radical (unpaired) electrons. The molecule has 2 aromatic rings. The van der Waals surface area contributed by atoms with E-state index in [4.69, 9.17) is 4.74 Å². The minimum atomic E-state index is -3.99. The SMILES string of the molecule is COc1ccc(CN(C(=O)CN(c2cccc([N+](=O)[O-])c2)S(C)(=O)=O)C(C)C(=O)NCC(C)C)cc1. The zero-order valence-electron chi connectivity index (χ0n) is 21.0. The molecule has 0 saturated heterocycles. The van der Waals surface area contributed by atoms with Crippen LogP contribution in [0.4, 0.5) is 11.4 Å². The average molecular weight is 521 g/mol. The van der Waals surface area contributed by atoms with Gasteiger partial charge in [0, 0.05) is 25.2 Å². The van der Waals surface area contributed by atoms with E-state index in [2.05, 4.69) is 5.32 Å². The lowest BCUT2D eigenvalue weighted by atomic mass is 10.1. The Labute approximate surface area is 211 Å². The summed E-state index contributed by atoms with van der Waals surface area (Å²) in [5, 5.41) is 14.0. The van der Waals surface area contributed by atoms with Crippen LogP contribution in [0.15, 0.2) is 48.5 Å². The van der Waals surface area contributed by atoms with Gasteiger partial charge in [0.25, 0.3) is 5.69 Å². The molecular formula is C24H32N4O7S. The largest absolute Gasteiger partial charge is 0.497 e. The second-order valence-electron chi connectivity index (χ2n) is 8.73. The van der Waals surface area contributed by atoms with Crippen LogP contribution in [0.3, 0.4) is 0 Å². The summed E-state index contributed by atoms with van der Waals surface area (Å²) in [5.74, 6) is -0.212. The predicted octanol–water partition coefficient (Wildman–Crippen LogP) is 2.56. The molecular weight excluding hydrogens is 488 g/mol. The molecule has 1 N–H and O–H groups in total. The van der Waals surface area contributed by atoms with Crippen LogP contribution in [0.1, 0.15) is 26.3 Å². The summed E-state index contributed by atoms with van der Waals surface area (Å²) < 4.78 is 31.1. The van der Waals surface area contributed by atoms with Crippen LogP contribution < -0.4 is 14.4 Å². The van der Waals surface area contributed by atoms with E-state index < -0.39 is 33.4 Å². The Bertz CT molecular complexity index is 1180. The lowest BCUT2D eigenvalue weighted by molar-refractivity contribution is -0.384. The van der Waals surface area contributed by atoms with Gasteiger partial charge in [0.2, 0.25) is 21.8 Å². The van der Waals surface area contributed by atoms with Crippen LogP contribution in [-0.2, 0) is 26.2 Å². The number of hydrogen-bond donors (Lipinski definition) is 1. The highest BCUT2D eigenvalue weighted by molar-refractivity contribution is 7.92. The maximum absolute atomic E-state index is 13.5. The molecule has 196 valence electrons. The number of non-ortho nitro benzene ring substituents is 1. The van der Waals surface area contributed by atoms with E-state index in [1.54, 1.807) is 31.2 Å². The Balaban J connectivity index is 2.40. The van der Waals surface area contributed by atoms with E-state index in [9.17, 15) is 28.1 Å². The summed E-state index contributed by atoms with van der Waals surface area (Å²) in [6.45, 7) is 5.25. The molecule has 0 spiro atoms. The quantitative estimate of drug-likeness (QED) is 0.335. The molecule has 2 rings (SSSR count). The first kappa shape index (κ1) is 28.6. The number of anilines is 1. The van der Waals surface area contributed by atoms with Crippen LogP contribution >= 0.6 is 0 Å². The number of hydrogen-bond acceptors (Lipinski definition) is 7. The van der Waals surface area contributed by atoms with Gasteiger partial charge in [-0.05, 0) is 36.6 Å². The molecule has 0 aliphatic heterocycles. The lowest BCUT2D eigenvalue weighted by Crippen LogP contribution is -2.51. The normalized spacial score (nSPS) is 12.1. The number of ether oxygens (including phenoxy) is 1. The van der Waals surface area contributed by atoms with Gasteiger partial charge in [-0.1, -0.05) is 32.0 Å². The van der Waals surface area contributed by atoms with E-state index in [0.29, 0.717) is 17.9 Å². The van der Waals surface area contributed by atoms with Crippen LogP contribution in [0.5, 0.6) is 5.75 Å². The Morgan fingerprint density at radius 2 is 1.75 bits per heavy atom. The van der Waals surface area contributed by atoms with Crippen LogP contribution in [0.25, 0.3) is 0 Å².